The molecule has 3 heterocycles. The predicted octanol–water partition coefficient (Wildman–Crippen LogP) is 6.59. The second-order valence-electron chi connectivity index (χ2n) is 10.1. The summed E-state index contributed by atoms with van der Waals surface area (Å²) >= 11 is 0. The molecule has 33 heavy (non-hydrogen) atoms. The van der Waals surface area contributed by atoms with Crippen LogP contribution in [0, 0.1) is 18.8 Å². The van der Waals surface area contributed by atoms with Gasteiger partial charge in [-0.1, -0.05) is 31.2 Å². The summed E-state index contributed by atoms with van der Waals surface area (Å²) in [5, 5.41) is 2.23. The lowest BCUT2D eigenvalue weighted by atomic mass is 9.98. The Balaban J connectivity index is 1.40. The fourth-order valence-corrected chi connectivity index (χ4v) is 5.38. The third-order valence-electron chi connectivity index (χ3n) is 7.26. The average molecular weight is 445 g/mol. The number of furan rings is 1. The van der Waals surface area contributed by atoms with E-state index < -0.39 is 6.17 Å². The maximum absolute atomic E-state index is 14.1. The van der Waals surface area contributed by atoms with Gasteiger partial charge in [0.25, 0.3) is 5.91 Å². The lowest BCUT2D eigenvalue weighted by molar-refractivity contribution is 0.0555. The predicted molar refractivity (Wildman–Crippen MR) is 129 cm³/mol. The number of carbonyl (C=O) groups is 1. The van der Waals surface area contributed by atoms with Crippen LogP contribution >= 0.6 is 0 Å². The first kappa shape index (κ1) is 20.5. The molecular formula is C28H29FN2O2. The van der Waals surface area contributed by atoms with Crippen LogP contribution in [0.4, 0.5) is 4.39 Å². The van der Waals surface area contributed by atoms with Crippen molar-refractivity contribution in [3.63, 3.8) is 0 Å². The number of hydrogen-bond donors (Lipinski definition) is 0. The zero-order valence-corrected chi connectivity index (χ0v) is 19.2. The number of nitrogens with zero attached hydrogens (tertiary/aromatic N) is 2. The van der Waals surface area contributed by atoms with Crippen molar-refractivity contribution in [3.05, 3.63) is 59.7 Å². The summed E-state index contributed by atoms with van der Waals surface area (Å²) in [5.74, 6) is 1.65. The number of amides is 1. The highest BCUT2D eigenvalue weighted by atomic mass is 19.1. The number of alkyl halides is 1. The number of benzene rings is 2. The van der Waals surface area contributed by atoms with E-state index in [1.165, 1.54) is 23.7 Å². The molecule has 0 radical (unpaired) electrons. The van der Waals surface area contributed by atoms with Crippen molar-refractivity contribution in [3.8, 4) is 11.5 Å². The summed E-state index contributed by atoms with van der Waals surface area (Å²) in [6.45, 7) is 5.85. The molecule has 2 aromatic heterocycles. The number of fused-ring (bicyclic) bond motifs is 2. The fraction of sp³-hybridized carbons (Fsp3) is 0.393. The lowest BCUT2D eigenvalue weighted by Crippen LogP contribution is -2.44. The van der Waals surface area contributed by atoms with Crippen LogP contribution in [0.2, 0.25) is 0 Å². The highest BCUT2D eigenvalue weighted by Gasteiger charge is 2.29. The molecule has 2 aliphatic rings. The summed E-state index contributed by atoms with van der Waals surface area (Å²) in [7, 11) is 0. The summed E-state index contributed by atoms with van der Waals surface area (Å²) in [6, 6.07) is 16.3. The van der Waals surface area contributed by atoms with E-state index in [9.17, 15) is 9.18 Å². The Morgan fingerprint density at radius 3 is 2.73 bits per heavy atom. The molecule has 1 saturated heterocycles. The molecule has 4 aromatic rings. The third kappa shape index (κ3) is 3.64. The molecule has 1 aliphatic carbocycles. The van der Waals surface area contributed by atoms with Crippen LogP contribution in [0.1, 0.15) is 42.1 Å². The van der Waals surface area contributed by atoms with Crippen molar-refractivity contribution in [2.45, 2.75) is 45.8 Å². The highest BCUT2D eigenvalue weighted by molar-refractivity contribution is 5.99. The first-order valence-corrected chi connectivity index (χ1v) is 12.0. The van der Waals surface area contributed by atoms with Gasteiger partial charge in [-0.3, -0.25) is 4.79 Å². The van der Waals surface area contributed by atoms with Crippen molar-refractivity contribution >= 4 is 27.8 Å². The molecule has 0 bridgehead atoms. The molecule has 2 atom stereocenters. The maximum atomic E-state index is 14.1. The SMILES string of the molecule is Cc1c(-c2cc3ccccc3n2CC2CC2)oc2cc(C(=O)N3C[C@H](C)C[C@@H](F)C3)ccc12. The van der Waals surface area contributed by atoms with Crippen LogP contribution in [0.25, 0.3) is 33.3 Å². The van der Waals surface area contributed by atoms with Gasteiger partial charge in [-0.2, -0.15) is 0 Å². The number of para-hydroxylation sites is 1. The van der Waals surface area contributed by atoms with Crippen LogP contribution in [-0.4, -0.2) is 34.6 Å². The number of rotatable bonds is 4. The number of halogens is 1. The molecule has 4 nitrogen and oxygen atoms in total. The van der Waals surface area contributed by atoms with Gasteiger partial charge >= 0.3 is 0 Å². The van der Waals surface area contributed by atoms with Gasteiger partial charge in [0, 0.05) is 40.5 Å². The molecule has 0 spiro atoms. The number of aryl methyl sites for hydroxylation is 1. The number of carbonyl (C=O) groups excluding carboxylic acids is 1. The second-order valence-corrected chi connectivity index (χ2v) is 10.1. The standard InChI is InChI=1S/C28H29FN2O2/c1-17-11-22(29)16-30(14-17)28(32)21-9-10-23-18(2)27(33-26(23)13-21)25-12-20-5-3-4-6-24(20)31(25)15-19-7-8-19/h3-6,9-10,12-13,17,19,22H,7-8,11,14-16H2,1-2H3/t17-,22-/m1/s1. The van der Waals surface area contributed by atoms with Gasteiger partial charge in [-0.05, 0) is 62.3 Å². The largest absolute Gasteiger partial charge is 0.454 e. The van der Waals surface area contributed by atoms with Gasteiger partial charge in [-0.25, -0.2) is 4.39 Å². The van der Waals surface area contributed by atoms with Crippen LogP contribution in [0.3, 0.4) is 0 Å². The van der Waals surface area contributed by atoms with Crippen LogP contribution in [0.5, 0.6) is 0 Å². The van der Waals surface area contributed by atoms with Gasteiger partial charge < -0.3 is 13.9 Å². The van der Waals surface area contributed by atoms with Gasteiger partial charge in [0.2, 0.25) is 0 Å². The minimum absolute atomic E-state index is 0.121. The van der Waals surface area contributed by atoms with E-state index in [1.807, 2.05) is 25.1 Å². The van der Waals surface area contributed by atoms with Gasteiger partial charge in [0.1, 0.15) is 11.8 Å². The van der Waals surface area contributed by atoms with Gasteiger partial charge in [0.05, 0.1) is 12.2 Å². The first-order chi connectivity index (χ1) is 16.0. The average Bonchev–Trinajstić information content (AvgIpc) is 3.47. The Morgan fingerprint density at radius 1 is 1.12 bits per heavy atom. The molecule has 1 saturated carbocycles. The quantitative estimate of drug-likeness (QED) is 0.356. The van der Waals surface area contributed by atoms with E-state index in [0.717, 1.165) is 34.9 Å². The Bertz CT molecular complexity index is 1350. The maximum Gasteiger partial charge on any atom is 0.254 e. The molecule has 5 heteroatoms. The Labute approximate surface area is 193 Å². The number of aromatic nitrogens is 1. The Kier molecular flexibility index (Phi) is 4.82. The van der Waals surface area contributed by atoms with Crippen molar-refractivity contribution in [1.82, 2.24) is 9.47 Å². The molecule has 1 aliphatic heterocycles. The van der Waals surface area contributed by atoms with E-state index in [2.05, 4.69) is 41.8 Å². The smallest absolute Gasteiger partial charge is 0.254 e. The Morgan fingerprint density at radius 2 is 1.94 bits per heavy atom. The summed E-state index contributed by atoms with van der Waals surface area (Å²) in [5.41, 5.74) is 4.67. The second kappa shape index (κ2) is 7.75. The summed E-state index contributed by atoms with van der Waals surface area (Å²) in [4.78, 5) is 14.8. The minimum Gasteiger partial charge on any atom is -0.454 e. The molecule has 2 fully saturated rings. The van der Waals surface area contributed by atoms with E-state index >= 15 is 0 Å². The monoisotopic (exact) mass is 444 g/mol. The Hall–Kier alpha value is -3.08. The van der Waals surface area contributed by atoms with Gasteiger partial charge in [0.15, 0.2) is 5.76 Å². The van der Waals surface area contributed by atoms with E-state index in [4.69, 9.17) is 4.42 Å². The third-order valence-corrected chi connectivity index (χ3v) is 7.26. The van der Waals surface area contributed by atoms with E-state index in [1.54, 1.807) is 4.90 Å². The molecule has 6 rings (SSSR count). The normalized spacial score (nSPS) is 21.2. The summed E-state index contributed by atoms with van der Waals surface area (Å²) in [6.07, 6.45) is 2.14. The summed E-state index contributed by atoms with van der Waals surface area (Å²) < 4.78 is 22.9. The van der Waals surface area contributed by atoms with Crippen molar-refractivity contribution in [2.75, 3.05) is 13.1 Å². The van der Waals surface area contributed by atoms with Crippen LogP contribution < -0.4 is 0 Å². The molecule has 0 unspecified atom stereocenters. The molecule has 1 amide bonds. The molecule has 2 aromatic carbocycles. The van der Waals surface area contributed by atoms with Crippen molar-refractivity contribution in [1.29, 1.82) is 0 Å². The van der Waals surface area contributed by atoms with Crippen molar-refractivity contribution < 1.29 is 13.6 Å². The van der Waals surface area contributed by atoms with Crippen LogP contribution in [0.15, 0.2) is 52.9 Å². The minimum atomic E-state index is -0.952. The fourth-order valence-electron chi connectivity index (χ4n) is 5.38. The van der Waals surface area contributed by atoms with Crippen molar-refractivity contribution in [2.24, 2.45) is 11.8 Å². The zero-order chi connectivity index (χ0) is 22.7. The molecular weight excluding hydrogens is 415 g/mol. The topological polar surface area (TPSA) is 38.4 Å². The van der Waals surface area contributed by atoms with Gasteiger partial charge in [-0.15, -0.1) is 0 Å². The van der Waals surface area contributed by atoms with E-state index in [0.29, 0.717) is 24.1 Å². The number of hydrogen-bond acceptors (Lipinski definition) is 2. The zero-order valence-electron chi connectivity index (χ0n) is 19.2. The van der Waals surface area contributed by atoms with Crippen LogP contribution in [-0.2, 0) is 6.54 Å². The molecule has 0 N–H and O–H groups in total. The molecule has 170 valence electrons. The first-order valence-electron chi connectivity index (χ1n) is 12.0. The highest BCUT2D eigenvalue weighted by Crippen LogP contribution is 2.39. The van der Waals surface area contributed by atoms with E-state index in [-0.39, 0.29) is 18.4 Å². The lowest BCUT2D eigenvalue weighted by Gasteiger charge is -2.33. The number of piperidine rings is 1. The number of likely N-dealkylation sites (tertiary alicyclic amines) is 1.